The van der Waals surface area contributed by atoms with Crippen LogP contribution in [0, 0.1) is 0 Å². The Morgan fingerprint density at radius 3 is 1.74 bits per heavy atom. The second-order valence-corrected chi connectivity index (χ2v) is 12.4. The van der Waals surface area contributed by atoms with Gasteiger partial charge in [-0.3, -0.25) is 9.97 Å². The van der Waals surface area contributed by atoms with Gasteiger partial charge in [-0.1, -0.05) is 109 Å². The van der Waals surface area contributed by atoms with E-state index < -0.39 is 0 Å². The summed E-state index contributed by atoms with van der Waals surface area (Å²) in [6.45, 7) is 0. The molecule has 0 unspecified atom stereocenters. The number of nitrogens with one attached hydrogen (secondary N) is 1. The minimum absolute atomic E-state index is 0.880. The van der Waals surface area contributed by atoms with E-state index in [1.54, 1.807) is 0 Å². The molecule has 4 nitrogen and oxygen atoms in total. The predicted octanol–water partition coefficient (Wildman–Crippen LogP) is 12.0. The number of rotatable bonds is 7. The molecule has 0 saturated carbocycles. The van der Waals surface area contributed by atoms with Gasteiger partial charge in [-0.05, 0) is 83.4 Å². The summed E-state index contributed by atoms with van der Waals surface area (Å²) in [5.41, 5.74) is 14.0. The molecule has 0 aliphatic heterocycles. The number of benzene rings is 6. The van der Waals surface area contributed by atoms with Crippen LogP contribution >= 0.6 is 0 Å². The second kappa shape index (κ2) is 12.7. The third kappa shape index (κ3) is 5.49. The second-order valence-electron chi connectivity index (χ2n) is 12.4. The van der Waals surface area contributed by atoms with Crippen LogP contribution in [0.2, 0.25) is 0 Å². The fourth-order valence-corrected chi connectivity index (χ4v) is 6.82. The van der Waals surface area contributed by atoms with Gasteiger partial charge >= 0.3 is 0 Å². The molecule has 6 aromatic carbocycles. The van der Waals surface area contributed by atoms with Gasteiger partial charge in [0.2, 0.25) is 0 Å². The number of pyridine rings is 2. The van der Waals surface area contributed by atoms with Crippen molar-refractivity contribution in [1.82, 2.24) is 14.5 Å². The third-order valence-corrected chi connectivity index (χ3v) is 9.30. The van der Waals surface area contributed by atoms with Crippen LogP contribution in [0.1, 0.15) is 0 Å². The predicted molar refractivity (Wildman–Crippen MR) is 208 cm³/mol. The summed E-state index contributed by atoms with van der Waals surface area (Å²) < 4.78 is 2.35. The number of hydrogen-bond donors (Lipinski definition) is 1. The maximum absolute atomic E-state index is 4.79. The molecule has 0 bridgehead atoms. The van der Waals surface area contributed by atoms with Gasteiger partial charge in [0.05, 0.1) is 34.3 Å². The average Bonchev–Trinajstić information content (AvgIpc) is 3.53. The van der Waals surface area contributed by atoms with Crippen molar-refractivity contribution >= 4 is 33.2 Å². The van der Waals surface area contributed by atoms with Gasteiger partial charge in [-0.15, -0.1) is 0 Å². The summed E-state index contributed by atoms with van der Waals surface area (Å²) in [5.74, 6) is 0. The Kier molecular flexibility index (Phi) is 7.45. The summed E-state index contributed by atoms with van der Waals surface area (Å²) in [5, 5.41) is 6.13. The van der Waals surface area contributed by atoms with E-state index in [9.17, 15) is 0 Å². The van der Waals surface area contributed by atoms with E-state index in [0.717, 1.165) is 56.3 Å². The highest BCUT2D eigenvalue weighted by Crippen LogP contribution is 2.38. The molecule has 3 heterocycles. The van der Waals surface area contributed by atoms with E-state index >= 15 is 0 Å². The lowest BCUT2D eigenvalue weighted by Crippen LogP contribution is -1.96. The maximum atomic E-state index is 4.79. The molecule has 9 rings (SSSR count). The first-order valence-electron chi connectivity index (χ1n) is 16.8. The van der Waals surface area contributed by atoms with E-state index in [0.29, 0.717) is 0 Å². The Balaban J connectivity index is 1.05. The largest absolute Gasteiger partial charge is 0.354 e. The van der Waals surface area contributed by atoms with Crippen molar-refractivity contribution in [3.8, 4) is 50.5 Å². The monoisotopic (exact) mass is 640 g/mol. The molecule has 50 heavy (non-hydrogen) atoms. The summed E-state index contributed by atoms with van der Waals surface area (Å²) in [4.78, 5) is 9.47. The van der Waals surface area contributed by atoms with Crippen molar-refractivity contribution < 1.29 is 0 Å². The smallest absolute Gasteiger partial charge is 0.0719 e. The molecular weight excluding hydrogens is 609 g/mol. The first-order valence-corrected chi connectivity index (χ1v) is 16.8. The van der Waals surface area contributed by atoms with Crippen molar-refractivity contribution in [3.63, 3.8) is 0 Å². The van der Waals surface area contributed by atoms with Gasteiger partial charge in [0.1, 0.15) is 0 Å². The molecule has 0 fully saturated rings. The normalized spacial score (nSPS) is 11.2. The van der Waals surface area contributed by atoms with Crippen molar-refractivity contribution in [2.45, 2.75) is 0 Å². The zero-order valence-electron chi connectivity index (χ0n) is 27.2. The van der Waals surface area contributed by atoms with Crippen molar-refractivity contribution in [3.05, 3.63) is 188 Å². The van der Waals surface area contributed by atoms with Gasteiger partial charge in [0.25, 0.3) is 0 Å². The fraction of sp³-hybridized carbons (Fsp3) is 0. The Hall–Kier alpha value is -6.78. The number of nitrogens with zero attached hydrogens (tertiary/aromatic N) is 3. The molecule has 0 aliphatic carbocycles. The Labute approximate surface area is 291 Å². The summed E-state index contributed by atoms with van der Waals surface area (Å²) in [7, 11) is 0. The highest BCUT2D eigenvalue weighted by Gasteiger charge is 2.15. The van der Waals surface area contributed by atoms with Crippen LogP contribution in [-0.2, 0) is 0 Å². The average molecular weight is 641 g/mol. The first-order chi connectivity index (χ1) is 24.8. The van der Waals surface area contributed by atoms with E-state index in [1.165, 1.54) is 27.4 Å². The van der Waals surface area contributed by atoms with Crippen LogP contribution in [-0.4, -0.2) is 14.5 Å². The third-order valence-electron chi connectivity index (χ3n) is 9.30. The minimum Gasteiger partial charge on any atom is -0.354 e. The van der Waals surface area contributed by atoms with Crippen LogP contribution in [0.3, 0.4) is 0 Å². The fourth-order valence-electron chi connectivity index (χ4n) is 6.82. The maximum Gasteiger partial charge on any atom is 0.0719 e. The molecule has 9 aromatic rings. The van der Waals surface area contributed by atoms with Crippen molar-refractivity contribution in [1.29, 1.82) is 0 Å². The molecule has 3 aromatic heterocycles. The molecule has 0 atom stereocenters. The summed E-state index contributed by atoms with van der Waals surface area (Å²) in [6.07, 6.45) is 3.78. The summed E-state index contributed by atoms with van der Waals surface area (Å²) in [6, 6.07) is 61.7. The minimum atomic E-state index is 0.880. The lowest BCUT2D eigenvalue weighted by Gasteiger charge is -2.15. The number of anilines is 2. The Morgan fingerprint density at radius 2 is 1.00 bits per heavy atom. The van der Waals surface area contributed by atoms with Gasteiger partial charge in [-0.25, -0.2) is 0 Å². The van der Waals surface area contributed by atoms with Gasteiger partial charge in [-0.2, -0.15) is 0 Å². The van der Waals surface area contributed by atoms with Crippen LogP contribution in [0.25, 0.3) is 72.3 Å². The molecule has 4 heteroatoms. The quantitative estimate of drug-likeness (QED) is 0.188. The SMILES string of the molecule is c1ccc(-c2ccc(-c3ccc(Nc4ccc(-c5ccc6c(c5)c5ccccc5n6-c5ccccc5)cc4-c4ccccc4)cn3)cn2)cc1. The number of para-hydroxylation sites is 2. The Bertz CT molecular complexity index is 2570. The van der Waals surface area contributed by atoms with Crippen LogP contribution in [0.4, 0.5) is 11.4 Å². The zero-order valence-corrected chi connectivity index (χ0v) is 27.2. The van der Waals surface area contributed by atoms with E-state index in [4.69, 9.17) is 4.98 Å². The zero-order chi connectivity index (χ0) is 33.3. The number of fused-ring (bicyclic) bond motifs is 3. The summed E-state index contributed by atoms with van der Waals surface area (Å²) >= 11 is 0. The van der Waals surface area contributed by atoms with Crippen LogP contribution in [0.5, 0.6) is 0 Å². The lowest BCUT2D eigenvalue weighted by molar-refractivity contribution is 1.18. The molecule has 236 valence electrons. The molecule has 0 amide bonds. The topological polar surface area (TPSA) is 42.7 Å². The highest BCUT2D eigenvalue weighted by molar-refractivity contribution is 6.10. The number of hydrogen-bond acceptors (Lipinski definition) is 3. The molecule has 0 aliphatic rings. The van der Waals surface area contributed by atoms with E-state index in [2.05, 4.69) is 160 Å². The number of aromatic nitrogens is 3. The van der Waals surface area contributed by atoms with Crippen molar-refractivity contribution in [2.75, 3.05) is 5.32 Å². The first kappa shape index (κ1) is 29.4. The standard InChI is InChI=1S/C46H32N4/c1-4-12-32(13-5-1)40-28-34(35-22-27-46-41(29-35)39-18-10-11-19-45(39)50(46)38-16-8-3-9-17-38)20-25-44(40)49-37-23-26-43(48-31-37)36-21-24-42(47-30-36)33-14-6-2-7-15-33/h1-31,49H. The van der Waals surface area contributed by atoms with Crippen molar-refractivity contribution in [2.24, 2.45) is 0 Å². The van der Waals surface area contributed by atoms with E-state index in [-0.39, 0.29) is 0 Å². The Morgan fingerprint density at radius 1 is 0.400 bits per heavy atom. The van der Waals surface area contributed by atoms with Crippen LogP contribution in [0.15, 0.2) is 188 Å². The lowest BCUT2D eigenvalue weighted by atomic mass is 9.96. The van der Waals surface area contributed by atoms with E-state index in [1.807, 2.05) is 42.7 Å². The van der Waals surface area contributed by atoms with Gasteiger partial charge < -0.3 is 9.88 Å². The molecule has 1 N–H and O–H groups in total. The molecule has 0 radical (unpaired) electrons. The van der Waals surface area contributed by atoms with Crippen LogP contribution < -0.4 is 5.32 Å². The van der Waals surface area contributed by atoms with Gasteiger partial charge in [0.15, 0.2) is 0 Å². The highest BCUT2D eigenvalue weighted by atomic mass is 15.0. The molecular formula is C46H32N4. The van der Waals surface area contributed by atoms with Gasteiger partial charge in [0, 0.05) is 45.0 Å². The molecule has 0 saturated heterocycles. The molecule has 0 spiro atoms.